The molecule has 0 saturated heterocycles. The predicted octanol–water partition coefficient (Wildman–Crippen LogP) is 1.33. The summed E-state index contributed by atoms with van der Waals surface area (Å²) in [6, 6.07) is 0. The van der Waals surface area contributed by atoms with Crippen LogP contribution in [0.2, 0.25) is 0 Å². The van der Waals surface area contributed by atoms with Gasteiger partial charge in [0.15, 0.2) is 0 Å². The van der Waals surface area contributed by atoms with Crippen LogP contribution in [0.25, 0.3) is 0 Å². The van der Waals surface area contributed by atoms with Crippen molar-refractivity contribution in [3.05, 3.63) is 11.1 Å². The molecule has 1 aliphatic heterocycles. The summed E-state index contributed by atoms with van der Waals surface area (Å²) in [5.74, 6) is -0.788. The summed E-state index contributed by atoms with van der Waals surface area (Å²) in [7, 11) is 0. The van der Waals surface area contributed by atoms with Crippen LogP contribution in [0.5, 0.6) is 0 Å². The first kappa shape index (κ1) is 14.4. The van der Waals surface area contributed by atoms with Crippen molar-refractivity contribution in [2.75, 3.05) is 6.54 Å². The van der Waals surface area contributed by atoms with E-state index in [9.17, 15) is 14.4 Å². The van der Waals surface area contributed by atoms with Crippen LogP contribution >= 0.6 is 0 Å². The highest BCUT2D eigenvalue weighted by molar-refractivity contribution is 6.12. The number of ether oxygens (including phenoxy) is 1. The summed E-state index contributed by atoms with van der Waals surface area (Å²) in [5.41, 5.74) is 0.633. The lowest BCUT2D eigenvalue weighted by atomic mass is 10.1. The predicted molar refractivity (Wildman–Crippen MR) is 65.5 cm³/mol. The Kier molecular flexibility index (Phi) is 5.07. The van der Waals surface area contributed by atoms with Crippen LogP contribution in [-0.2, 0) is 19.1 Å². The molecule has 0 saturated carbocycles. The van der Waals surface area contributed by atoms with E-state index in [1.54, 1.807) is 6.92 Å². The van der Waals surface area contributed by atoms with Crippen LogP contribution in [0.3, 0.4) is 0 Å². The minimum absolute atomic E-state index is 0.108. The summed E-state index contributed by atoms with van der Waals surface area (Å²) in [4.78, 5) is 33.9. The fraction of sp³-hybridized carbons (Fsp3) is 0.615. The van der Waals surface area contributed by atoms with Crippen molar-refractivity contribution in [2.45, 2.75) is 40.0 Å². The minimum atomic E-state index is -0.618. The zero-order valence-electron chi connectivity index (χ0n) is 11.0. The van der Waals surface area contributed by atoms with E-state index >= 15 is 0 Å². The van der Waals surface area contributed by atoms with E-state index in [1.165, 1.54) is 0 Å². The first-order chi connectivity index (χ1) is 8.41. The summed E-state index contributed by atoms with van der Waals surface area (Å²) < 4.78 is 4.45. The van der Waals surface area contributed by atoms with Gasteiger partial charge in [-0.1, -0.05) is 13.8 Å². The molecule has 5 heteroatoms. The lowest BCUT2D eigenvalue weighted by Crippen LogP contribution is -2.25. The Bertz CT molecular complexity index is 396. The molecule has 1 aliphatic rings. The molecule has 0 aromatic heterocycles. The van der Waals surface area contributed by atoms with Crippen molar-refractivity contribution in [3.8, 4) is 0 Å². The average molecular weight is 253 g/mol. The van der Waals surface area contributed by atoms with Crippen LogP contribution < -0.4 is 5.32 Å². The quantitative estimate of drug-likeness (QED) is 0.572. The summed E-state index contributed by atoms with van der Waals surface area (Å²) in [6.45, 7) is 6.35. The molecule has 1 N–H and O–H groups in total. The molecular weight excluding hydrogens is 234 g/mol. The second kappa shape index (κ2) is 6.33. The van der Waals surface area contributed by atoms with Crippen molar-refractivity contribution in [2.24, 2.45) is 5.92 Å². The molecule has 1 amide bonds. The maximum Gasteiger partial charge on any atom is 0.342 e. The van der Waals surface area contributed by atoms with Gasteiger partial charge in [0.2, 0.25) is 5.91 Å². The van der Waals surface area contributed by atoms with Gasteiger partial charge < -0.3 is 10.1 Å². The molecule has 0 aromatic carbocycles. The van der Waals surface area contributed by atoms with E-state index < -0.39 is 11.9 Å². The SMILES string of the molecule is CC1=C(CCC(=O)NCCC(C)C)C(=O)OC1=O. The molecule has 0 aromatic rings. The molecule has 0 aliphatic carbocycles. The molecule has 1 rings (SSSR count). The number of nitrogens with one attached hydrogen (secondary N) is 1. The highest BCUT2D eigenvalue weighted by Gasteiger charge is 2.29. The fourth-order valence-electron chi connectivity index (χ4n) is 1.62. The van der Waals surface area contributed by atoms with Crippen LogP contribution in [-0.4, -0.2) is 24.4 Å². The van der Waals surface area contributed by atoms with Gasteiger partial charge in [0.25, 0.3) is 0 Å². The third kappa shape index (κ3) is 3.98. The molecule has 0 bridgehead atoms. The van der Waals surface area contributed by atoms with Crippen molar-refractivity contribution in [3.63, 3.8) is 0 Å². The monoisotopic (exact) mass is 253 g/mol. The summed E-state index contributed by atoms with van der Waals surface area (Å²) in [5, 5.41) is 2.78. The van der Waals surface area contributed by atoms with Gasteiger partial charge in [0, 0.05) is 24.1 Å². The maximum atomic E-state index is 11.5. The lowest BCUT2D eigenvalue weighted by Gasteiger charge is -2.06. The number of hydrogen-bond acceptors (Lipinski definition) is 4. The molecule has 18 heavy (non-hydrogen) atoms. The zero-order valence-corrected chi connectivity index (χ0v) is 11.0. The van der Waals surface area contributed by atoms with Crippen molar-refractivity contribution >= 4 is 17.8 Å². The van der Waals surface area contributed by atoms with Crippen LogP contribution in [0.15, 0.2) is 11.1 Å². The third-order valence-corrected chi connectivity index (χ3v) is 2.84. The molecule has 0 radical (unpaired) electrons. The third-order valence-electron chi connectivity index (χ3n) is 2.84. The standard InChI is InChI=1S/C13H19NO4/c1-8(2)6-7-14-11(15)5-4-10-9(3)12(16)18-13(10)17/h8H,4-7H2,1-3H3,(H,14,15). The number of carbonyl (C=O) groups excluding carboxylic acids is 3. The molecule has 100 valence electrons. The van der Waals surface area contributed by atoms with Gasteiger partial charge in [-0.3, -0.25) is 4.79 Å². The molecule has 5 nitrogen and oxygen atoms in total. The molecule has 0 unspecified atom stereocenters. The number of carbonyl (C=O) groups is 3. The van der Waals surface area contributed by atoms with Gasteiger partial charge >= 0.3 is 11.9 Å². The fourth-order valence-corrected chi connectivity index (χ4v) is 1.62. The second-order valence-electron chi connectivity index (χ2n) is 4.81. The van der Waals surface area contributed by atoms with Gasteiger partial charge in [-0.2, -0.15) is 0 Å². The normalized spacial score (nSPS) is 15.3. The number of rotatable bonds is 6. The van der Waals surface area contributed by atoms with E-state index in [4.69, 9.17) is 0 Å². The minimum Gasteiger partial charge on any atom is -0.386 e. The van der Waals surface area contributed by atoms with Gasteiger partial charge in [0.05, 0.1) is 0 Å². The Morgan fingerprint density at radius 1 is 1.28 bits per heavy atom. The largest absolute Gasteiger partial charge is 0.386 e. The van der Waals surface area contributed by atoms with Crippen molar-refractivity contribution < 1.29 is 19.1 Å². The lowest BCUT2D eigenvalue weighted by molar-refractivity contribution is -0.151. The first-order valence-corrected chi connectivity index (χ1v) is 6.14. The molecule has 0 atom stereocenters. The Morgan fingerprint density at radius 3 is 2.44 bits per heavy atom. The number of cyclic esters (lactones) is 2. The van der Waals surface area contributed by atoms with E-state index in [0.29, 0.717) is 23.6 Å². The van der Waals surface area contributed by atoms with E-state index in [1.807, 2.05) is 0 Å². The molecule has 0 fully saturated rings. The highest BCUT2D eigenvalue weighted by Crippen LogP contribution is 2.20. The van der Waals surface area contributed by atoms with Gasteiger partial charge in [-0.05, 0) is 25.7 Å². The van der Waals surface area contributed by atoms with E-state index in [2.05, 4.69) is 23.9 Å². The Balaban J connectivity index is 2.35. The number of hydrogen-bond donors (Lipinski definition) is 1. The first-order valence-electron chi connectivity index (χ1n) is 6.14. The van der Waals surface area contributed by atoms with Gasteiger partial charge in [0.1, 0.15) is 0 Å². The van der Waals surface area contributed by atoms with E-state index in [-0.39, 0.29) is 18.7 Å². The number of esters is 2. The van der Waals surface area contributed by atoms with Crippen LogP contribution in [0, 0.1) is 5.92 Å². The summed E-state index contributed by atoms with van der Waals surface area (Å²) >= 11 is 0. The zero-order chi connectivity index (χ0) is 13.7. The van der Waals surface area contributed by atoms with E-state index in [0.717, 1.165) is 6.42 Å². The Hall–Kier alpha value is -1.65. The maximum absolute atomic E-state index is 11.5. The highest BCUT2D eigenvalue weighted by atomic mass is 16.6. The van der Waals surface area contributed by atoms with Crippen molar-refractivity contribution in [1.29, 1.82) is 0 Å². The molecule has 0 spiro atoms. The summed E-state index contributed by atoms with van der Waals surface area (Å²) in [6.07, 6.45) is 1.38. The van der Waals surface area contributed by atoms with Crippen LogP contribution in [0.1, 0.15) is 40.0 Å². The van der Waals surface area contributed by atoms with Gasteiger partial charge in [-0.15, -0.1) is 0 Å². The smallest absolute Gasteiger partial charge is 0.342 e. The Labute approximate surface area is 107 Å². The topological polar surface area (TPSA) is 72.5 Å². The van der Waals surface area contributed by atoms with Gasteiger partial charge in [-0.25, -0.2) is 9.59 Å². The average Bonchev–Trinajstić information content (AvgIpc) is 2.50. The second-order valence-corrected chi connectivity index (χ2v) is 4.81. The Morgan fingerprint density at radius 2 is 1.94 bits per heavy atom. The van der Waals surface area contributed by atoms with Crippen molar-refractivity contribution in [1.82, 2.24) is 5.32 Å². The molecular formula is C13H19NO4. The van der Waals surface area contributed by atoms with Crippen LogP contribution in [0.4, 0.5) is 0 Å². The number of amides is 1. The molecule has 1 heterocycles.